The fourth-order valence-electron chi connectivity index (χ4n) is 3.27. The van der Waals surface area contributed by atoms with Crippen LogP contribution < -0.4 is 10.6 Å². The molecule has 0 saturated heterocycles. The van der Waals surface area contributed by atoms with Gasteiger partial charge in [0.25, 0.3) is 0 Å². The number of hydrogen-bond acceptors (Lipinski definition) is 2. The van der Waals surface area contributed by atoms with Crippen LogP contribution in [-0.2, 0) is 25.9 Å². The smallest absolute Gasteiger partial charge is 0.191 e. The van der Waals surface area contributed by atoms with Crippen LogP contribution in [0.2, 0.25) is 0 Å². The highest BCUT2D eigenvalue weighted by atomic mass is 19.1. The van der Waals surface area contributed by atoms with Crippen molar-refractivity contribution in [2.75, 3.05) is 7.05 Å². The Kier molecular flexibility index (Phi) is 5.53. The Morgan fingerprint density at radius 1 is 1.04 bits per heavy atom. The predicted octanol–water partition coefficient (Wildman–Crippen LogP) is 3.28. The van der Waals surface area contributed by atoms with Crippen molar-refractivity contribution in [2.24, 2.45) is 4.99 Å². The zero-order chi connectivity index (χ0) is 17.6. The fraction of sp³-hybridized carbons (Fsp3) is 0.350. The zero-order valence-corrected chi connectivity index (χ0v) is 14.5. The van der Waals surface area contributed by atoms with Gasteiger partial charge in [-0.15, -0.1) is 0 Å². The number of nitrogens with zero attached hydrogens (tertiary/aromatic N) is 1. The van der Waals surface area contributed by atoms with Gasteiger partial charge in [-0.1, -0.05) is 18.2 Å². The van der Waals surface area contributed by atoms with Crippen LogP contribution in [0.3, 0.4) is 0 Å². The molecule has 0 unspecified atom stereocenters. The first kappa shape index (κ1) is 17.3. The lowest BCUT2D eigenvalue weighted by Gasteiger charge is -2.21. The van der Waals surface area contributed by atoms with Crippen molar-refractivity contribution in [1.82, 2.24) is 10.6 Å². The van der Waals surface area contributed by atoms with Crippen LogP contribution in [0.25, 0.3) is 0 Å². The number of rotatable bonds is 4. The van der Waals surface area contributed by atoms with Gasteiger partial charge in [0.05, 0.1) is 0 Å². The van der Waals surface area contributed by atoms with E-state index < -0.39 is 0 Å². The summed E-state index contributed by atoms with van der Waals surface area (Å²) < 4.78 is 13.0. The zero-order valence-electron chi connectivity index (χ0n) is 14.5. The first-order valence-corrected chi connectivity index (χ1v) is 8.69. The van der Waals surface area contributed by atoms with Crippen molar-refractivity contribution >= 4 is 5.96 Å². The Hall–Kier alpha value is -2.56. The highest BCUT2D eigenvalue weighted by Gasteiger charge is 2.16. The van der Waals surface area contributed by atoms with Crippen molar-refractivity contribution in [3.63, 3.8) is 0 Å². The minimum atomic E-state index is -0.240. The molecule has 0 bridgehead atoms. The van der Waals surface area contributed by atoms with Gasteiger partial charge in [-0.3, -0.25) is 4.99 Å². The lowest BCUT2D eigenvalue weighted by Crippen LogP contribution is -2.36. The Morgan fingerprint density at radius 3 is 2.52 bits per heavy atom. The first-order valence-electron chi connectivity index (χ1n) is 8.69. The monoisotopic (exact) mass is 341 g/mol. The number of aromatic hydroxyl groups is 1. The molecular formula is C20H24FN3O. The van der Waals surface area contributed by atoms with E-state index in [1.54, 1.807) is 25.2 Å². The van der Waals surface area contributed by atoms with E-state index in [4.69, 9.17) is 0 Å². The molecule has 0 fully saturated rings. The Balaban J connectivity index is 1.63. The molecule has 0 radical (unpaired) electrons. The van der Waals surface area contributed by atoms with Gasteiger partial charge in [-0.2, -0.15) is 0 Å². The van der Waals surface area contributed by atoms with Gasteiger partial charge >= 0.3 is 0 Å². The number of benzene rings is 2. The minimum Gasteiger partial charge on any atom is -0.508 e. The Bertz CT molecular complexity index is 756. The van der Waals surface area contributed by atoms with Crippen LogP contribution in [0, 0.1) is 5.82 Å². The van der Waals surface area contributed by atoms with Crippen LogP contribution in [-0.4, -0.2) is 18.1 Å². The molecule has 0 aromatic heterocycles. The third kappa shape index (κ3) is 4.29. The highest BCUT2D eigenvalue weighted by molar-refractivity contribution is 5.79. The number of fused-ring (bicyclic) bond motifs is 1. The molecule has 3 rings (SSSR count). The second kappa shape index (κ2) is 8.01. The van der Waals surface area contributed by atoms with E-state index in [0.717, 1.165) is 24.0 Å². The van der Waals surface area contributed by atoms with Gasteiger partial charge in [0.1, 0.15) is 11.6 Å². The molecule has 5 heteroatoms. The first-order chi connectivity index (χ1) is 12.2. The molecule has 4 nitrogen and oxygen atoms in total. The number of hydrogen-bond donors (Lipinski definition) is 3. The van der Waals surface area contributed by atoms with Gasteiger partial charge in [-0.25, -0.2) is 4.39 Å². The van der Waals surface area contributed by atoms with Gasteiger partial charge in [0.2, 0.25) is 0 Å². The summed E-state index contributed by atoms with van der Waals surface area (Å²) in [6, 6.07) is 10.2. The second-order valence-electron chi connectivity index (χ2n) is 6.31. The third-order valence-corrected chi connectivity index (χ3v) is 4.66. The largest absolute Gasteiger partial charge is 0.508 e. The fourth-order valence-corrected chi connectivity index (χ4v) is 3.27. The number of aliphatic imine (C=N–C) groups is 1. The van der Waals surface area contributed by atoms with E-state index >= 15 is 0 Å². The van der Waals surface area contributed by atoms with Gasteiger partial charge < -0.3 is 15.7 Å². The molecule has 132 valence electrons. The molecule has 2 aromatic carbocycles. The van der Waals surface area contributed by atoms with Gasteiger partial charge in [-0.05, 0) is 60.6 Å². The topological polar surface area (TPSA) is 56.7 Å². The predicted molar refractivity (Wildman–Crippen MR) is 98.2 cm³/mol. The minimum absolute atomic E-state index is 0.240. The molecule has 1 aliphatic rings. The summed E-state index contributed by atoms with van der Waals surface area (Å²) >= 11 is 0. The Labute approximate surface area is 147 Å². The molecule has 2 aromatic rings. The third-order valence-electron chi connectivity index (χ3n) is 4.66. The van der Waals surface area contributed by atoms with Crippen molar-refractivity contribution in [2.45, 2.75) is 38.8 Å². The molecule has 1 aliphatic carbocycles. The summed E-state index contributed by atoms with van der Waals surface area (Å²) in [5.41, 5.74) is 4.55. The average molecular weight is 341 g/mol. The summed E-state index contributed by atoms with van der Waals surface area (Å²) in [6.07, 6.45) is 4.48. The maximum atomic E-state index is 13.0. The summed E-state index contributed by atoms with van der Waals surface area (Å²) in [7, 11) is 1.71. The lowest BCUT2D eigenvalue weighted by molar-refractivity contribution is 0.464. The average Bonchev–Trinajstić information content (AvgIpc) is 2.64. The van der Waals surface area contributed by atoms with E-state index in [1.165, 1.54) is 36.1 Å². The van der Waals surface area contributed by atoms with Crippen LogP contribution in [0.5, 0.6) is 5.75 Å². The maximum Gasteiger partial charge on any atom is 0.191 e. The number of phenolic OH excluding ortho intramolecular Hbond substituents is 1. The quantitative estimate of drug-likeness (QED) is 0.591. The highest BCUT2D eigenvalue weighted by Crippen LogP contribution is 2.30. The van der Waals surface area contributed by atoms with Crippen molar-refractivity contribution in [3.8, 4) is 5.75 Å². The van der Waals surface area contributed by atoms with Crippen molar-refractivity contribution in [1.29, 1.82) is 0 Å². The lowest BCUT2D eigenvalue weighted by atomic mass is 9.88. The molecule has 0 aliphatic heterocycles. The molecule has 0 amide bonds. The summed E-state index contributed by atoms with van der Waals surface area (Å²) in [5.74, 6) is 0.745. The standard InChI is InChI=1S/C20H24FN3O/c1-22-20(23-12-14-6-9-16(21)10-7-14)24-13-18-17-5-3-2-4-15(17)8-11-19(18)25/h6-11,25H,2-5,12-13H2,1H3,(H2,22,23,24). The number of nitrogens with one attached hydrogen (secondary N) is 2. The summed E-state index contributed by atoms with van der Waals surface area (Å²) in [6.45, 7) is 1.08. The van der Waals surface area contributed by atoms with E-state index in [2.05, 4.69) is 15.6 Å². The summed E-state index contributed by atoms with van der Waals surface area (Å²) in [4.78, 5) is 4.22. The summed E-state index contributed by atoms with van der Waals surface area (Å²) in [5, 5.41) is 16.7. The number of halogens is 1. The van der Waals surface area contributed by atoms with Crippen molar-refractivity contribution in [3.05, 3.63) is 64.5 Å². The molecular weight excluding hydrogens is 317 g/mol. The van der Waals surface area contributed by atoms with Crippen LogP contribution >= 0.6 is 0 Å². The molecule has 0 heterocycles. The van der Waals surface area contributed by atoms with Crippen LogP contribution in [0.4, 0.5) is 4.39 Å². The van der Waals surface area contributed by atoms with E-state index in [0.29, 0.717) is 24.8 Å². The van der Waals surface area contributed by atoms with E-state index in [1.807, 2.05) is 6.07 Å². The number of phenols is 1. The van der Waals surface area contributed by atoms with E-state index in [-0.39, 0.29) is 5.82 Å². The molecule has 0 spiro atoms. The maximum absolute atomic E-state index is 13.0. The molecule has 25 heavy (non-hydrogen) atoms. The number of aryl methyl sites for hydroxylation is 1. The van der Waals surface area contributed by atoms with Crippen LogP contribution in [0.15, 0.2) is 41.4 Å². The SMILES string of the molecule is CN=C(NCc1ccc(F)cc1)NCc1c(O)ccc2c1CCCC2. The van der Waals surface area contributed by atoms with Gasteiger partial charge in [0.15, 0.2) is 5.96 Å². The molecule has 3 N–H and O–H groups in total. The van der Waals surface area contributed by atoms with E-state index in [9.17, 15) is 9.50 Å². The normalized spacial score (nSPS) is 14.1. The molecule has 0 saturated carbocycles. The van der Waals surface area contributed by atoms with Crippen molar-refractivity contribution < 1.29 is 9.50 Å². The molecule has 0 atom stereocenters. The Morgan fingerprint density at radius 2 is 1.76 bits per heavy atom. The van der Waals surface area contributed by atoms with Crippen LogP contribution in [0.1, 0.15) is 35.1 Å². The van der Waals surface area contributed by atoms with Gasteiger partial charge in [0, 0.05) is 25.7 Å². The second-order valence-corrected chi connectivity index (χ2v) is 6.31. The number of guanidine groups is 1.